The van der Waals surface area contributed by atoms with E-state index in [0.717, 1.165) is 6.20 Å². The summed E-state index contributed by atoms with van der Waals surface area (Å²) in [5, 5.41) is 0. The number of rotatable bonds is 1. The Morgan fingerprint density at radius 2 is 1.86 bits per heavy atom. The summed E-state index contributed by atoms with van der Waals surface area (Å²) in [6.07, 6.45) is -7.68. The van der Waals surface area contributed by atoms with Crippen molar-refractivity contribution in [3.8, 4) is 0 Å². The lowest BCUT2D eigenvalue weighted by atomic mass is 10.2. The molecule has 7 heteroatoms. The Hall–Kier alpha value is -1.40. The molecule has 1 aromatic heterocycles. The second-order valence-corrected chi connectivity index (χ2v) is 2.43. The van der Waals surface area contributed by atoms with Crippen LogP contribution in [0.15, 0.2) is 17.1 Å². The van der Waals surface area contributed by atoms with Crippen LogP contribution < -0.4 is 5.43 Å². The number of H-pyrrole nitrogens is 1. The molecule has 14 heavy (non-hydrogen) atoms. The van der Waals surface area contributed by atoms with Gasteiger partial charge in [-0.05, 0) is 0 Å². The molecular weight excluding hydrogens is 209 g/mol. The number of aromatic nitrogens is 1. The molecule has 1 N–H and O–H groups in total. The molecule has 1 rings (SSSR count). The van der Waals surface area contributed by atoms with E-state index in [2.05, 4.69) is 0 Å². The average molecular weight is 213 g/mol. The number of pyridine rings is 1. The maximum absolute atomic E-state index is 12.1. The first-order valence-corrected chi connectivity index (χ1v) is 3.41. The van der Waals surface area contributed by atoms with Gasteiger partial charge < -0.3 is 4.98 Å². The Morgan fingerprint density at radius 1 is 1.29 bits per heavy atom. The molecule has 0 aliphatic rings. The van der Waals surface area contributed by atoms with Crippen LogP contribution in [0.3, 0.4) is 0 Å². The standard InChI is InChI=1S/C7H4F5NO/c8-6(9)5-4(7(10,11)12)3(14)1-2-13-5/h1-2,6H,(H,13,14). The molecule has 0 bridgehead atoms. The summed E-state index contributed by atoms with van der Waals surface area (Å²) in [6, 6.07) is 0.550. The minimum Gasteiger partial charge on any atom is -0.360 e. The first-order valence-electron chi connectivity index (χ1n) is 3.41. The van der Waals surface area contributed by atoms with Gasteiger partial charge in [-0.25, -0.2) is 8.78 Å². The van der Waals surface area contributed by atoms with Crippen molar-refractivity contribution in [3.05, 3.63) is 33.7 Å². The minimum absolute atomic E-state index is 0.550. The van der Waals surface area contributed by atoms with Gasteiger partial charge >= 0.3 is 6.18 Å². The lowest BCUT2D eigenvalue weighted by Crippen LogP contribution is -2.22. The van der Waals surface area contributed by atoms with Gasteiger partial charge in [0.1, 0.15) is 5.56 Å². The molecule has 0 aliphatic heterocycles. The molecular formula is C7H4F5NO. The number of hydrogen-bond donors (Lipinski definition) is 1. The van der Waals surface area contributed by atoms with Gasteiger partial charge in [0.15, 0.2) is 5.43 Å². The minimum atomic E-state index is -5.07. The Labute approximate surface area is 74.4 Å². The van der Waals surface area contributed by atoms with Gasteiger partial charge in [0, 0.05) is 12.3 Å². The van der Waals surface area contributed by atoms with Crippen molar-refractivity contribution in [2.75, 3.05) is 0 Å². The van der Waals surface area contributed by atoms with Crippen molar-refractivity contribution in [1.29, 1.82) is 0 Å². The molecule has 0 spiro atoms. The zero-order chi connectivity index (χ0) is 10.9. The van der Waals surface area contributed by atoms with Crippen molar-refractivity contribution in [1.82, 2.24) is 4.98 Å². The van der Waals surface area contributed by atoms with Crippen molar-refractivity contribution in [2.24, 2.45) is 0 Å². The van der Waals surface area contributed by atoms with E-state index in [4.69, 9.17) is 0 Å². The van der Waals surface area contributed by atoms with Crippen molar-refractivity contribution >= 4 is 0 Å². The second kappa shape index (κ2) is 3.39. The van der Waals surface area contributed by atoms with Crippen LogP contribution in [0, 0.1) is 0 Å². The van der Waals surface area contributed by atoms with Gasteiger partial charge in [-0.1, -0.05) is 0 Å². The number of nitrogens with one attached hydrogen (secondary N) is 1. The number of aromatic amines is 1. The summed E-state index contributed by atoms with van der Waals surface area (Å²) in [5.74, 6) is 0. The molecule has 0 saturated carbocycles. The maximum atomic E-state index is 12.1. The predicted octanol–water partition coefficient (Wildman–Crippen LogP) is 2.33. The van der Waals surface area contributed by atoms with Crippen molar-refractivity contribution in [2.45, 2.75) is 12.6 Å². The smallest absolute Gasteiger partial charge is 0.360 e. The van der Waals surface area contributed by atoms with Crippen LogP contribution in [0.2, 0.25) is 0 Å². The molecule has 2 nitrogen and oxygen atoms in total. The lowest BCUT2D eigenvalue weighted by molar-refractivity contribution is -0.140. The third-order valence-electron chi connectivity index (χ3n) is 1.49. The van der Waals surface area contributed by atoms with Gasteiger partial charge in [0.25, 0.3) is 6.43 Å². The average Bonchev–Trinajstić information content (AvgIpc) is 2.01. The van der Waals surface area contributed by atoms with Crippen LogP contribution in [-0.4, -0.2) is 4.98 Å². The molecule has 0 aliphatic carbocycles. The third-order valence-corrected chi connectivity index (χ3v) is 1.49. The Bertz CT molecular complexity index is 380. The fourth-order valence-electron chi connectivity index (χ4n) is 0.960. The highest BCUT2D eigenvalue weighted by atomic mass is 19.4. The van der Waals surface area contributed by atoms with E-state index in [1.165, 1.54) is 0 Å². The highest BCUT2D eigenvalue weighted by molar-refractivity contribution is 5.24. The highest BCUT2D eigenvalue weighted by Crippen LogP contribution is 2.32. The molecule has 78 valence electrons. The summed E-state index contributed by atoms with van der Waals surface area (Å²) in [5.41, 5.74) is -4.70. The zero-order valence-electron chi connectivity index (χ0n) is 6.53. The lowest BCUT2D eigenvalue weighted by Gasteiger charge is -2.10. The van der Waals surface area contributed by atoms with Crippen LogP contribution in [0.5, 0.6) is 0 Å². The SMILES string of the molecule is O=c1cc[nH]c(C(F)F)c1C(F)(F)F. The molecule has 1 heterocycles. The summed E-state index contributed by atoms with van der Waals surface area (Å²) < 4.78 is 60.5. The Morgan fingerprint density at radius 3 is 2.21 bits per heavy atom. The monoisotopic (exact) mass is 213 g/mol. The quantitative estimate of drug-likeness (QED) is 0.713. The van der Waals surface area contributed by atoms with Gasteiger partial charge in [0.2, 0.25) is 0 Å². The first-order chi connectivity index (χ1) is 6.34. The highest BCUT2D eigenvalue weighted by Gasteiger charge is 2.38. The van der Waals surface area contributed by atoms with E-state index in [-0.39, 0.29) is 0 Å². The molecule has 0 fully saturated rings. The molecule has 0 amide bonds. The van der Waals surface area contributed by atoms with E-state index >= 15 is 0 Å². The largest absolute Gasteiger partial charge is 0.422 e. The van der Waals surface area contributed by atoms with Crippen LogP contribution in [-0.2, 0) is 6.18 Å². The topological polar surface area (TPSA) is 32.9 Å². The number of halogens is 5. The molecule has 0 radical (unpaired) electrons. The Kier molecular flexibility index (Phi) is 2.59. The fourth-order valence-corrected chi connectivity index (χ4v) is 0.960. The molecule has 0 saturated heterocycles. The van der Waals surface area contributed by atoms with E-state index in [0.29, 0.717) is 6.07 Å². The molecule has 0 aromatic carbocycles. The van der Waals surface area contributed by atoms with Crippen LogP contribution in [0.25, 0.3) is 0 Å². The van der Waals surface area contributed by atoms with Crippen LogP contribution in [0.4, 0.5) is 22.0 Å². The van der Waals surface area contributed by atoms with Gasteiger partial charge in [-0.3, -0.25) is 4.79 Å². The summed E-state index contributed by atoms with van der Waals surface area (Å²) >= 11 is 0. The first kappa shape index (κ1) is 10.7. The normalized spacial score (nSPS) is 12.1. The summed E-state index contributed by atoms with van der Waals surface area (Å²) in [7, 11) is 0. The van der Waals surface area contributed by atoms with E-state index in [1.807, 2.05) is 0 Å². The van der Waals surface area contributed by atoms with Crippen LogP contribution >= 0.6 is 0 Å². The van der Waals surface area contributed by atoms with Gasteiger partial charge in [0.05, 0.1) is 5.69 Å². The second-order valence-electron chi connectivity index (χ2n) is 2.43. The third kappa shape index (κ3) is 1.91. The summed E-state index contributed by atoms with van der Waals surface area (Å²) in [4.78, 5) is 12.4. The summed E-state index contributed by atoms with van der Waals surface area (Å²) in [6.45, 7) is 0. The molecule has 0 atom stereocenters. The number of alkyl halides is 5. The van der Waals surface area contributed by atoms with Crippen molar-refractivity contribution < 1.29 is 22.0 Å². The van der Waals surface area contributed by atoms with Crippen LogP contribution in [0.1, 0.15) is 17.7 Å². The van der Waals surface area contributed by atoms with E-state index in [1.54, 1.807) is 4.98 Å². The maximum Gasteiger partial charge on any atom is 0.422 e. The Balaban J connectivity index is 3.46. The van der Waals surface area contributed by atoms with Gasteiger partial charge in [-0.15, -0.1) is 0 Å². The molecule has 0 unspecified atom stereocenters. The number of hydrogen-bond acceptors (Lipinski definition) is 1. The molecule has 1 aromatic rings. The van der Waals surface area contributed by atoms with Crippen molar-refractivity contribution in [3.63, 3.8) is 0 Å². The van der Waals surface area contributed by atoms with E-state index in [9.17, 15) is 26.7 Å². The predicted molar refractivity (Wildman–Crippen MR) is 37.0 cm³/mol. The van der Waals surface area contributed by atoms with Gasteiger partial charge in [-0.2, -0.15) is 13.2 Å². The zero-order valence-corrected chi connectivity index (χ0v) is 6.53. The van der Waals surface area contributed by atoms with E-state index < -0.39 is 29.3 Å². The fraction of sp³-hybridized carbons (Fsp3) is 0.286.